The zero-order valence-electron chi connectivity index (χ0n) is 12.8. The van der Waals surface area contributed by atoms with E-state index in [4.69, 9.17) is 21.1 Å². The summed E-state index contributed by atoms with van der Waals surface area (Å²) in [6.45, 7) is 3.11. The monoisotopic (exact) mass is 344 g/mol. The van der Waals surface area contributed by atoms with Crippen LogP contribution >= 0.6 is 11.6 Å². The van der Waals surface area contributed by atoms with Crippen LogP contribution in [0.2, 0.25) is 5.02 Å². The molecule has 0 aliphatic rings. The second-order valence-electron chi connectivity index (χ2n) is 4.84. The lowest BCUT2D eigenvalue weighted by Gasteiger charge is -2.18. The van der Waals surface area contributed by atoms with E-state index < -0.39 is 23.4 Å². The summed E-state index contributed by atoms with van der Waals surface area (Å²) in [6, 6.07) is 2.25. The summed E-state index contributed by atoms with van der Waals surface area (Å²) in [6.07, 6.45) is 0.387. The van der Waals surface area contributed by atoms with Gasteiger partial charge in [0.2, 0.25) is 0 Å². The average Bonchev–Trinajstić information content (AvgIpc) is 2.50. The van der Waals surface area contributed by atoms with Gasteiger partial charge in [-0.15, -0.1) is 0 Å². The normalized spacial score (nSPS) is 12.3. The third-order valence-corrected chi connectivity index (χ3v) is 3.64. The van der Waals surface area contributed by atoms with Crippen LogP contribution in [0.3, 0.4) is 0 Å². The van der Waals surface area contributed by atoms with E-state index >= 15 is 0 Å². The van der Waals surface area contributed by atoms with Gasteiger partial charge in [0, 0.05) is 24.9 Å². The van der Waals surface area contributed by atoms with Crippen LogP contribution in [0.15, 0.2) is 23.1 Å². The van der Waals surface area contributed by atoms with Crippen molar-refractivity contribution < 1.29 is 18.3 Å². The molecule has 1 unspecified atom stereocenters. The number of aromatic nitrogens is 2. The largest absolute Gasteiger partial charge is 0.485 e. The summed E-state index contributed by atoms with van der Waals surface area (Å²) in [7, 11) is 1.47. The third-order valence-electron chi connectivity index (χ3n) is 3.30. The number of methoxy groups -OCH3 is 1. The van der Waals surface area contributed by atoms with Crippen molar-refractivity contribution in [2.75, 3.05) is 7.11 Å². The zero-order chi connectivity index (χ0) is 17.1. The molecule has 0 saturated heterocycles. The van der Waals surface area contributed by atoms with Crippen molar-refractivity contribution in [2.24, 2.45) is 0 Å². The molecule has 2 aromatic heterocycles. The fraction of sp³-hybridized carbons (Fsp3) is 0.333. The van der Waals surface area contributed by atoms with Gasteiger partial charge >= 0.3 is 0 Å². The minimum absolute atomic E-state index is 0.0884. The number of halogens is 3. The minimum Gasteiger partial charge on any atom is -0.485 e. The second-order valence-corrected chi connectivity index (χ2v) is 5.22. The van der Waals surface area contributed by atoms with Gasteiger partial charge in [0.1, 0.15) is 35.1 Å². The van der Waals surface area contributed by atoms with E-state index in [1.165, 1.54) is 11.7 Å². The molecule has 23 heavy (non-hydrogen) atoms. The van der Waals surface area contributed by atoms with E-state index in [0.29, 0.717) is 11.8 Å². The molecule has 0 aliphatic carbocycles. The highest BCUT2D eigenvalue weighted by atomic mass is 35.5. The number of ether oxygens (including phenoxy) is 2. The quantitative estimate of drug-likeness (QED) is 0.835. The van der Waals surface area contributed by atoms with E-state index in [9.17, 15) is 13.6 Å². The second kappa shape index (κ2) is 7.06. The highest BCUT2D eigenvalue weighted by molar-refractivity contribution is 6.31. The van der Waals surface area contributed by atoms with Gasteiger partial charge in [-0.05, 0) is 13.8 Å². The van der Waals surface area contributed by atoms with E-state index in [1.807, 2.05) is 0 Å². The Morgan fingerprint density at radius 3 is 2.70 bits per heavy atom. The molecule has 2 aromatic rings. The van der Waals surface area contributed by atoms with Gasteiger partial charge in [-0.25, -0.2) is 8.78 Å². The predicted molar refractivity (Wildman–Crippen MR) is 80.7 cm³/mol. The van der Waals surface area contributed by atoms with Gasteiger partial charge in [0.05, 0.1) is 6.20 Å². The van der Waals surface area contributed by atoms with Gasteiger partial charge in [0.15, 0.2) is 5.82 Å². The van der Waals surface area contributed by atoms with Crippen molar-refractivity contribution in [3.63, 3.8) is 0 Å². The van der Waals surface area contributed by atoms with Crippen molar-refractivity contribution >= 4 is 11.6 Å². The fourth-order valence-corrected chi connectivity index (χ4v) is 2.25. The molecule has 2 rings (SSSR count). The smallest absolute Gasteiger partial charge is 0.275 e. The summed E-state index contributed by atoms with van der Waals surface area (Å²) >= 11 is 6.01. The van der Waals surface area contributed by atoms with Gasteiger partial charge in [-0.3, -0.25) is 14.3 Å². The number of hydrogen-bond donors (Lipinski definition) is 0. The first-order valence-electron chi connectivity index (χ1n) is 6.72. The van der Waals surface area contributed by atoms with Crippen LogP contribution in [0.25, 0.3) is 0 Å². The van der Waals surface area contributed by atoms with Crippen molar-refractivity contribution in [1.29, 1.82) is 0 Å². The van der Waals surface area contributed by atoms with Crippen LogP contribution in [0.1, 0.15) is 24.5 Å². The number of hydrogen-bond acceptors (Lipinski definition) is 4. The Morgan fingerprint density at radius 2 is 2.09 bits per heavy atom. The topological polar surface area (TPSA) is 53.4 Å². The molecule has 1 atom stereocenters. The Morgan fingerprint density at radius 1 is 1.39 bits per heavy atom. The summed E-state index contributed by atoms with van der Waals surface area (Å²) in [5.74, 6) is -1.52. The van der Waals surface area contributed by atoms with Gasteiger partial charge in [-0.2, -0.15) is 0 Å². The van der Waals surface area contributed by atoms with Crippen molar-refractivity contribution in [2.45, 2.75) is 26.7 Å². The Bertz CT molecular complexity index is 780. The summed E-state index contributed by atoms with van der Waals surface area (Å²) in [4.78, 5) is 15.9. The highest BCUT2D eigenvalue weighted by Gasteiger charge is 2.17. The number of aryl methyl sites for hydroxylation is 1. The van der Waals surface area contributed by atoms with E-state index in [-0.39, 0.29) is 23.1 Å². The van der Waals surface area contributed by atoms with Crippen LogP contribution in [0.5, 0.6) is 5.75 Å². The lowest BCUT2D eigenvalue weighted by atomic mass is 10.3. The molecule has 2 heterocycles. The molecule has 0 radical (unpaired) electrons. The average molecular weight is 345 g/mol. The first kappa shape index (κ1) is 17.4. The molecule has 8 heteroatoms. The van der Waals surface area contributed by atoms with Crippen molar-refractivity contribution in [3.8, 4) is 5.75 Å². The number of rotatable bonds is 5. The number of nitrogens with zero attached hydrogens (tertiary/aromatic N) is 2. The van der Waals surface area contributed by atoms with Crippen molar-refractivity contribution in [3.05, 3.63) is 56.7 Å². The van der Waals surface area contributed by atoms with E-state index in [0.717, 1.165) is 6.20 Å². The lowest BCUT2D eigenvalue weighted by molar-refractivity contribution is 0.0557. The molecule has 0 saturated carbocycles. The molecule has 0 fully saturated rings. The van der Waals surface area contributed by atoms with Crippen LogP contribution in [-0.2, 0) is 11.3 Å². The first-order valence-corrected chi connectivity index (χ1v) is 7.10. The Hall–Kier alpha value is -1.99. The van der Waals surface area contributed by atoms with E-state index in [2.05, 4.69) is 4.98 Å². The molecular formula is C15H15ClF2N2O3. The molecule has 0 amide bonds. The Labute approximate surface area is 136 Å². The molecule has 0 bridgehead atoms. The molecular weight excluding hydrogens is 330 g/mol. The van der Waals surface area contributed by atoms with E-state index in [1.54, 1.807) is 19.9 Å². The molecule has 0 N–H and O–H groups in total. The summed E-state index contributed by atoms with van der Waals surface area (Å²) in [5.41, 5.74) is -0.00519. The maximum absolute atomic E-state index is 13.5. The Kier molecular flexibility index (Phi) is 5.33. The fourth-order valence-electron chi connectivity index (χ4n) is 2.05. The summed E-state index contributed by atoms with van der Waals surface area (Å²) in [5, 5.41) is -0.151. The standard InChI is InChI=1S/C15H15ClF2N2O3/c1-8-4-13(14(16)15(21)20(8)9(2)22-3)23-7-12-11(18)5-10(17)6-19-12/h4-6,9H,7H2,1-3H3. The number of pyridine rings is 2. The first-order chi connectivity index (χ1) is 10.8. The molecule has 124 valence electrons. The maximum atomic E-state index is 13.5. The third kappa shape index (κ3) is 3.68. The minimum atomic E-state index is -0.834. The van der Waals surface area contributed by atoms with Gasteiger partial charge < -0.3 is 9.47 Å². The molecule has 0 aliphatic heterocycles. The van der Waals surface area contributed by atoms with Gasteiger partial charge in [-0.1, -0.05) is 11.6 Å². The lowest BCUT2D eigenvalue weighted by Crippen LogP contribution is -2.27. The predicted octanol–water partition coefficient (Wildman–Crippen LogP) is 3.23. The SMILES string of the molecule is COC(C)n1c(C)cc(OCc2ncc(F)cc2F)c(Cl)c1=O. The van der Waals surface area contributed by atoms with Crippen LogP contribution in [0.4, 0.5) is 8.78 Å². The van der Waals surface area contributed by atoms with Crippen LogP contribution in [0, 0.1) is 18.6 Å². The Balaban J connectivity index is 2.29. The summed E-state index contributed by atoms with van der Waals surface area (Å²) < 4.78 is 38.2. The highest BCUT2D eigenvalue weighted by Crippen LogP contribution is 2.24. The van der Waals surface area contributed by atoms with Gasteiger partial charge in [0.25, 0.3) is 5.56 Å². The van der Waals surface area contributed by atoms with Crippen LogP contribution in [-0.4, -0.2) is 16.7 Å². The zero-order valence-corrected chi connectivity index (χ0v) is 13.5. The molecule has 5 nitrogen and oxygen atoms in total. The van der Waals surface area contributed by atoms with Crippen LogP contribution < -0.4 is 10.3 Å². The molecule has 0 aromatic carbocycles. The van der Waals surface area contributed by atoms with Crippen molar-refractivity contribution in [1.82, 2.24) is 9.55 Å². The molecule has 0 spiro atoms. The maximum Gasteiger partial charge on any atom is 0.275 e.